The SMILES string of the molecule is CC1CN(c2c(C=O)cc3c(-c4ncccn4)noc3c2Cl)CC(C)O1. The van der Waals surface area contributed by atoms with E-state index >= 15 is 0 Å². The summed E-state index contributed by atoms with van der Waals surface area (Å²) in [5, 5.41) is 5.05. The molecule has 0 radical (unpaired) electrons. The molecule has 2 unspecified atom stereocenters. The molecule has 0 saturated carbocycles. The first kappa shape index (κ1) is 16.9. The van der Waals surface area contributed by atoms with Gasteiger partial charge < -0.3 is 14.2 Å². The minimum atomic E-state index is 0.0352. The summed E-state index contributed by atoms with van der Waals surface area (Å²) in [6, 6.07) is 3.45. The summed E-state index contributed by atoms with van der Waals surface area (Å²) < 4.78 is 11.3. The van der Waals surface area contributed by atoms with Gasteiger partial charge in [0.1, 0.15) is 5.02 Å². The Morgan fingerprint density at radius 3 is 2.58 bits per heavy atom. The van der Waals surface area contributed by atoms with Crippen molar-refractivity contribution < 1.29 is 14.1 Å². The standard InChI is InChI=1S/C18H17ClN4O3/c1-10-7-23(8-11(2)25-10)16-12(9-24)6-13-15(18-20-4-3-5-21-18)22-26-17(13)14(16)19/h3-6,9-11H,7-8H2,1-2H3. The van der Waals surface area contributed by atoms with Crippen molar-refractivity contribution in [3.8, 4) is 11.5 Å². The predicted octanol–water partition coefficient (Wildman–Crippen LogP) is 3.36. The van der Waals surface area contributed by atoms with Crippen LogP contribution in [-0.4, -0.2) is 46.7 Å². The van der Waals surface area contributed by atoms with E-state index in [0.717, 1.165) is 6.29 Å². The molecule has 2 aromatic heterocycles. The van der Waals surface area contributed by atoms with E-state index in [1.807, 2.05) is 13.8 Å². The van der Waals surface area contributed by atoms with Crippen LogP contribution in [0, 0.1) is 0 Å². The Morgan fingerprint density at radius 1 is 1.23 bits per heavy atom. The second-order valence-electron chi connectivity index (χ2n) is 6.39. The Labute approximate surface area is 154 Å². The first-order valence-electron chi connectivity index (χ1n) is 8.33. The molecule has 8 heteroatoms. The van der Waals surface area contributed by atoms with E-state index in [1.54, 1.807) is 24.5 Å². The Bertz CT molecular complexity index is 950. The number of fused-ring (bicyclic) bond motifs is 1. The van der Waals surface area contributed by atoms with Crippen molar-refractivity contribution in [3.05, 3.63) is 35.1 Å². The third-order valence-corrected chi connectivity index (χ3v) is 4.70. The average Bonchev–Trinajstić information content (AvgIpc) is 3.05. The lowest BCUT2D eigenvalue weighted by molar-refractivity contribution is -0.00524. The molecule has 1 saturated heterocycles. The van der Waals surface area contributed by atoms with E-state index in [2.05, 4.69) is 20.0 Å². The smallest absolute Gasteiger partial charge is 0.188 e. The molecule has 4 rings (SSSR count). The molecule has 0 aliphatic carbocycles. The third-order valence-electron chi connectivity index (χ3n) is 4.35. The molecule has 134 valence electrons. The lowest BCUT2D eigenvalue weighted by atomic mass is 10.1. The van der Waals surface area contributed by atoms with Crippen molar-refractivity contribution in [3.63, 3.8) is 0 Å². The first-order valence-corrected chi connectivity index (χ1v) is 8.71. The maximum atomic E-state index is 11.8. The number of hydrogen-bond donors (Lipinski definition) is 0. The molecule has 1 aromatic carbocycles. The third kappa shape index (κ3) is 2.83. The van der Waals surface area contributed by atoms with Gasteiger partial charge in [-0.05, 0) is 26.0 Å². The van der Waals surface area contributed by atoms with Crippen molar-refractivity contribution in [2.45, 2.75) is 26.1 Å². The molecule has 0 spiro atoms. The van der Waals surface area contributed by atoms with E-state index in [1.165, 1.54) is 0 Å². The van der Waals surface area contributed by atoms with Crippen LogP contribution in [0.4, 0.5) is 5.69 Å². The highest BCUT2D eigenvalue weighted by Crippen LogP contribution is 2.40. The van der Waals surface area contributed by atoms with E-state index in [0.29, 0.717) is 51.9 Å². The van der Waals surface area contributed by atoms with Crippen molar-refractivity contribution in [1.82, 2.24) is 15.1 Å². The second-order valence-corrected chi connectivity index (χ2v) is 6.77. The second kappa shape index (κ2) is 6.66. The fourth-order valence-electron chi connectivity index (χ4n) is 3.40. The van der Waals surface area contributed by atoms with Crippen molar-refractivity contribution in [2.75, 3.05) is 18.0 Å². The number of anilines is 1. The van der Waals surface area contributed by atoms with Crippen LogP contribution in [0.25, 0.3) is 22.5 Å². The van der Waals surface area contributed by atoms with E-state index < -0.39 is 0 Å². The van der Waals surface area contributed by atoms with Gasteiger partial charge in [0, 0.05) is 31.0 Å². The fourth-order valence-corrected chi connectivity index (χ4v) is 3.77. The minimum absolute atomic E-state index is 0.0352. The van der Waals surface area contributed by atoms with Gasteiger partial charge in [-0.3, -0.25) is 4.79 Å². The topological polar surface area (TPSA) is 81.4 Å². The van der Waals surface area contributed by atoms with E-state index in [-0.39, 0.29) is 12.2 Å². The van der Waals surface area contributed by atoms with E-state index in [4.69, 9.17) is 20.9 Å². The molecule has 0 amide bonds. The van der Waals surface area contributed by atoms with Gasteiger partial charge in [0.05, 0.1) is 23.3 Å². The highest BCUT2D eigenvalue weighted by molar-refractivity contribution is 6.38. The highest BCUT2D eigenvalue weighted by Gasteiger charge is 2.28. The van der Waals surface area contributed by atoms with Crippen LogP contribution < -0.4 is 4.90 Å². The molecule has 1 fully saturated rings. The summed E-state index contributed by atoms with van der Waals surface area (Å²) in [5.41, 5.74) is 2.00. The van der Waals surface area contributed by atoms with Gasteiger partial charge in [0.2, 0.25) is 0 Å². The monoisotopic (exact) mass is 372 g/mol. The number of aromatic nitrogens is 3. The number of nitrogens with zero attached hydrogens (tertiary/aromatic N) is 4. The largest absolute Gasteiger partial charge is 0.372 e. The molecule has 2 atom stereocenters. The number of morpholine rings is 1. The average molecular weight is 373 g/mol. The van der Waals surface area contributed by atoms with Crippen molar-refractivity contribution in [1.29, 1.82) is 0 Å². The predicted molar refractivity (Wildman–Crippen MR) is 97.7 cm³/mol. The number of carbonyl (C=O) groups excluding carboxylic acids is 1. The molecule has 1 aliphatic rings. The highest BCUT2D eigenvalue weighted by atomic mass is 35.5. The number of hydrogen-bond acceptors (Lipinski definition) is 7. The number of rotatable bonds is 3. The summed E-state index contributed by atoms with van der Waals surface area (Å²) >= 11 is 6.64. The van der Waals surface area contributed by atoms with Gasteiger partial charge in [0.15, 0.2) is 23.4 Å². The van der Waals surface area contributed by atoms with Crippen LogP contribution in [0.5, 0.6) is 0 Å². The van der Waals surface area contributed by atoms with Crippen LogP contribution in [0.15, 0.2) is 29.0 Å². The Balaban J connectivity index is 1.88. The van der Waals surface area contributed by atoms with Gasteiger partial charge in [-0.1, -0.05) is 16.8 Å². The van der Waals surface area contributed by atoms with Crippen molar-refractivity contribution in [2.24, 2.45) is 0 Å². The molecular formula is C18H17ClN4O3. The molecule has 26 heavy (non-hydrogen) atoms. The van der Waals surface area contributed by atoms with Crippen LogP contribution in [0.2, 0.25) is 5.02 Å². The van der Waals surface area contributed by atoms with Crippen LogP contribution in [0.3, 0.4) is 0 Å². The summed E-state index contributed by atoms with van der Waals surface area (Å²) in [6.45, 7) is 5.27. The molecule has 0 N–H and O–H groups in total. The Morgan fingerprint density at radius 2 is 1.92 bits per heavy atom. The quantitative estimate of drug-likeness (QED) is 0.652. The molecule has 0 bridgehead atoms. The molecule has 7 nitrogen and oxygen atoms in total. The number of aldehydes is 1. The van der Waals surface area contributed by atoms with Gasteiger partial charge in [-0.25, -0.2) is 9.97 Å². The Hall–Kier alpha value is -2.51. The normalized spacial score (nSPS) is 20.5. The lowest BCUT2D eigenvalue weighted by Crippen LogP contribution is -2.46. The zero-order chi connectivity index (χ0) is 18.3. The zero-order valence-corrected chi connectivity index (χ0v) is 15.1. The molecule has 1 aliphatic heterocycles. The molecular weight excluding hydrogens is 356 g/mol. The van der Waals surface area contributed by atoms with E-state index in [9.17, 15) is 4.79 Å². The summed E-state index contributed by atoms with van der Waals surface area (Å²) in [5.74, 6) is 0.417. The summed E-state index contributed by atoms with van der Waals surface area (Å²) in [6.07, 6.45) is 4.11. The number of ether oxygens (including phenoxy) is 1. The fraction of sp³-hybridized carbons (Fsp3) is 0.333. The molecule has 3 aromatic rings. The number of halogens is 1. The van der Waals surface area contributed by atoms with Crippen LogP contribution >= 0.6 is 11.6 Å². The summed E-state index contributed by atoms with van der Waals surface area (Å²) in [4.78, 5) is 22.3. The van der Waals surface area contributed by atoms with Gasteiger partial charge >= 0.3 is 0 Å². The zero-order valence-electron chi connectivity index (χ0n) is 14.3. The first-order chi connectivity index (χ1) is 12.6. The minimum Gasteiger partial charge on any atom is -0.372 e. The molecule has 3 heterocycles. The van der Waals surface area contributed by atoms with Crippen LogP contribution in [-0.2, 0) is 4.74 Å². The van der Waals surface area contributed by atoms with Gasteiger partial charge in [-0.2, -0.15) is 0 Å². The van der Waals surface area contributed by atoms with Gasteiger partial charge in [0.25, 0.3) is 0 Å². The maximum Gasteiger partial charge on any atom is 0.188 e. The summed E-state index contributed by atoms with van der Waals surface area (Å²) in [7, 11) is 0. The van der Waals surface area contributed by atoms with Crippen LogP contribution in [0.1, 0.15) is 24.2 Å². The Kier molecular flexibility index (Phi) is 4.34. The lowest BCUT2D eigenvalue weighted by Gasteiger charge is -2.37. The number of carbonyl (C=O) groups is 1. The number of benzene rings is 1. The maximum absolute atomic E-state index is 11.8. The van der Waals surface area contributed by atoms with Crippen molar-refractivity contribution >= 4 is 34.5 Å². The van der Waals surface area contributed by atoms with Gasteiger partial charge in [-0.15, -0.1) is 0 Å².